The number of nitrogens with one attached hydrogen (secondary N) is 2. The lowest BCUT2D eigenvalue weighted by Crippen LogP contribution is -2.23. The Balaban J connectivity index is 1.95. The van der Waals surface area contributed by atoms with Gasteiger partial charge in [0.1, 0.15) is 0 Å². The normalized spacial score (nSPS) is 11.4. The van der Waals surface area contributed by atoms with Crippen LogP contribution in [0.25, 0.3) is 5.69 Å². The molecule has 0 aliphatic carbocycles. The third-order valence-corrected chi connectivity index (χ3v) is 5.08. The Kier molecular flexibility index (Phi) is 6.03. The molecule has 0 saturated carbocycles. The van der Waals surface area contributed by atoms with Gasteiger partial charge in [0.25, 0.3) is 17.2 Å². The van der Waals surface area contributed by atoms with E-state index < -0.39 is 4.92 Å². The fraction of sp³-hybridized carbons (Fsp3) is 0.211. The molecule has 0 bridgehead atoms. The minimum atomic E-state index is -0.498. The van der Waals surface area contributed by atoms with Crippen LogP contribution >= 0.6 is 11.3 Å². The Bertz CT molecular complexity index is 1110. The highest BCUT2D eigenvalue weighted by atomic mass is 32.1. The van der Waals surface area contributed by atoms with Crippen LogP contribution in [0.2, 0.25) is 0 Å². The zero-order valence-electron chi connectivity index (χ0n) is 15.8. The molecule has 150 valence electrons. The number of aromatic nitrogens is 2. The number of hydrazone groups is 1. The monoisotopic (exact) mass is 413 g/mol. The molecule has 9 nitrogen and oxygen atoms in total. The van der Waals surface area contributed by atoms with E-state index >= 15 is 0 Å². The number of benzene rings is 1. The number of nitro benzene ring substituents is 1. The molecule has 0 aliphatic heterocycles. The van der Waals surface area contributed by atoms with Crippen LogP contribution in [-0.2, 0) is 6.42 Å². The number of non-ortho nitro benzene ring substituents is 1. The molecule has 3 rings (SSSR count). The Morgan fingerprint density at radius 3 is 2.62 bits per heavy atom. The van der Waals surface area contributed by atoms with Crippen LogP contribution in [0, 0.1) is 10.1 Å². The van der Waals surface area contributed by atoms with Gasteiger partial charge in [-0.1, -0.05) is 19.4 Å². The van der Waals surface area contributed by atoms with Gasteiger partial charge in [0.05, 0.1) is 26.8 Å². The highest BCUT2D eigenvalue weighted by Crippen LogP contribution is 2.16. The van der Waals surface area contributed by atoms with Gasteiger partial charge in [0.15, 0.2) is 0 Å². The highest BCUT2D eigenvalue weighted by Gasteiger charge is 2.18. The van der Waals surface area contributed by atoms with Crippen molar-refractivity contribution in [3.05, 3.63) is 78.4 Å². The van der Waals surface area contributed by atoms with Crippen molar-refractivity contribution in [2.75, 3.05) is 0 Å². The van der Waals surface area contributed by atoms with Gasteiger partial charge in [-0.05, 0) is 36.9 Å². The summed E-state index contributed by atoms with van der Waals surface area (Å²) in [5.74, 6) is -0.345. The van der Waals surface area contributed by atoms with Crippen LogP contribution in [0.15, 0.2) is 51.7 Å². The average Bonchev–Trinajstić information content (AvgIpc) is 3.35. The standard InChI is InChI=1S/C19H19N5O4S/c1-3-5-15-17(12(2)20-21-18(25)16-6-4-11-29-16)19(26)23(22-15)13-7-9-14(10-8-13)24(27)28/h4,6-11,22H,3,5H2,1-2H3,(H,21,25). The maximum absolute atomic E-state index is 13.0. The Morgan fingerprint density at radius 2 is 2.03 bits per heavy atom. The Morgan fingerprint density at radius 1 is 1.31 bits per heavy atom. The van der Waals surface area contributed by atoms with Crippen LogP contribution in [0.3, 0.4) is 0 Å². The first kappa shape index (κ1) is 20.2. The van der Waals surface area contributed by atoms with Crippen molar-refractivity contribution in [3.63, 3.8) is 0 Å². The van der Waals surface area contributed by atoms with Gasteiger partial charge in [-0.25, -0.2) is 10.1 Å². The minimum Gasteiger partial charge on any atom is -0.294 e. The van der Waals surface area contributed by atoms with Crippen LogP contribution < -0.4 is 11.0 Å². The number of amides is 1. The first-order valence-electron chi connectivity index (χ1n) is 8.89. The second kappa shape index (κ2) is 8.65. The molecule has 1 amide bonds. The molecule has 10 heteroatoms. The Hall–Kier alpha value is -3.53. The fourth-order valence-corrected chi connectivity index (χ4v) is 3.46. The molecule has 1 aromatic carbocycles. The lowest BCUT2D eigenvalue weighted by atomic mass is 10.1. The predicted octanol–water partition coefficient (Wildman–Crippen LogP) is 3.24. The van der Waals surface area contributed by atoms with E-state index in [9.17, 15) is 19.7 Å². The third-order valence-electron chi connectivity index (χ3n) is 4.22. The summed E-state index contributed by atoms with van der Waals surface area (Å²) in [4.78, 5) is 36.0. The highest BCUT2D eigenvalue weighted by molar-refractivity contribution is 7.12. The number of carbonyl (C=O) groups is 1. The first-order valence-corrected chi connectivity index (χ1v) is 9.77. The smallest absolute Gasteiger partial charge is 0.281 e. The van der Waals surface area contributed by atoms with Crippen molar-refractivity contribution in [1.82, 2.24) is 15.2 Å². The number of nitro groups is 1. The third kappa shape index (κ3) is 4.32. The number of aryl methyl sites for hydroxylation is 1. The second-order valence-corrected chi connectivity index (χ2v) is 7.19. The maximum atomic E-state index is 13.0. The summed E-state index contributed by atoms with van der Waals surface area (Å²) in [6.07, 6.45) is 1.40. The van der Waals surface area contributed by atoms with Crippen molar-refractivity contribution >= 4 is 28.6 Å². The SMILES string of the molecule is CCCc1[nH]n(-c2ccc([N+](=O)[O-])cc2)c(=O)c1C(C)=NNC(=O)c1cccs1. The zero-order valence-corrected chi connectivity index (χ0v) is 16.7. The molecule has 2 N–H and O–H groups in total. The maximum Gasteiger partial charge on any atom is 0.281 e. The number of rotatable bonds is 7. The molecule has 2 aromatic heterocycles. The van der Waals surface area contributed by atoms with Crippen molar-refractivity contribution in [2.45, 2.75) is 26.7 Å². The largest absolute Gasteiger partial charge is 0.294 e. The molecule has 0 spiro atoms. The van der Waals surface area contributed by atoms with Gasteiger partial charge in [-0.2, -0.15) is 5.10 Å². The number of H-pyrrole nitrogens is 1. The number of nitrogens with zero attached hydrogens (tertiary/aromatic N) is 3. The summed E-state index contributed by atoms with van der Waals surface area (Å²) in [6.45, 7) is 3.63. The summed E-state index contributed by atoms with van der Waals surface area (Å²) in [5, 5.41) is 19.8. The zero-order chi connectivity index (χ0) is 21.0. The van der Waals surface area contributed by atoms with E-state index in [-0.39, 0.29) is 17.2 Å². The van der Waals surface area contributed by atoms with E-state index in [0.717, 1.165) is 6.42 Å². The van der Waals surface area contributed by atoms with Crippen molar-refractivity contribution in [2.24, 2.45) is 5.10 Å². The van der Waals surface area contributed by atoms with E-state index in [1.807, 2.05) is 6.92 Å². The van der Waals surface area contributed by atoms with Crippen LogP contribution in [0.1, 0.15) is 41.2 Å². The molecule has 29 heavy (non-hydrogen) atoms. The quantitative estimate of drug-likeness (QED) is 0.351. The van der Waals surface area contributed by atoms with Gasteiger partial charge in [-0.15, -0.1) is 11.3 Å². The summed E-state index contributed by atoms with van der Waals surface area (Å²) in [7, 11) is 0. The lowest BCUT2D eigenvalue weighted by Gasteiger charge is -2.01. The average molecular weight is 413 g/mol. The topological polar surface area (TPSA) is 122 Å². The summed E-state index contributed by atoms with van der Waals surface area (Å²) >= 11 is 1.30. The Labute approximate surface area is 169 Å². The number of carbonyl (C=O) groups excluding carboxylic acids is 1. The van der Waals surface area contributed by atoms with Gasteiger partial charge in [-0.3, -0.25) is 24.8 Å². The summed E-state index contributed by atoms with van der Waals surface area (Å²) < 4.78 is 1.32. The number of thiophene rings is 1. The van der Waals surface area contributed by atoms with Gasteiger partial charge < -0.3 is 0 Å². The van der Waals surface area contributed by atoms with E-state index in [1.165, 1.54) is 40.3 Å². The van der Waals surface area contributed by atoms with Crippen LogP contribution in [-0.4, -0.2) is 26.3 Å². The number of aromatic amines is 1. The fourth-order valence-electron chi connectivity index (χ4n) is 2.85. The molecule has 0 fully saturated rings. The van der Waals surface area contributed by atoms with Crippen molar-refractivity contribution < 1.29 is 9.72 Å². The van der Waals surface area contributed by atoms with Crippen molar-refractivity contribution in [3.8, 4) is 5.69 Å². The first-order chi connectivity index (χ1) is 13.9. The summed E-state index contributed by atoms with van der Waals surface area (Å²) in [6, 6.07) is 9.13. The van der Waals surface area contributed by atoms with Gasteiger partial charge >= 0.3 is 0 Å². The lowest BCUT2D eigenvalue weighted by molar-refractivity contribution is -0.384. The van der Waals surface area contributed by atoms with Gasteiger partial charge in [0, 0.05) is 17.8 Å². The van der Waals surface area contributed by atoms with Gasteiger partial charge in [0.2, 0.25) is 0 Å². The molecule has 0 radical (unpaired) electrons. The second-order valence-electron chi connectivity index (χ2n) is 6.24. The van der Waals surface area contributed by atoms with Crippen LogP contribution in [0.5, 0.6) is 0 Å². The molecular formula is C19H19N5O4S. The molecule has 0 saturated heterocycles. The predicted molar refractivity (Wildman–Crippen MR) is 111 cm³/mol. The number of hydrogen-bond acceptors (Lipinski definition) is 6. The number of hydrogen-bond donors (Lipinski definition) is 2. The van der Waals surface area contributed by atoms with E-state index in [4.69, 9.17) is 0 Å². The summed E-state index contributed by atoms with van der Waals surface area (Å²) in [5.41, 5.74) is 3.98. The molecule has 0 aliphatic rings. The van der Waals surface area contributed by atoms with E-state index in [0.29, 0.717) is 34.0 Å². The minimum absolute atomic E-state index is 0.0589. The molecule has 2 heterocycles. The van der Waals surface area contributed by atoms with Crippen molar-refractivity contribution in [1.29, 1.82) is 0 Å². The van der Waals surface area contributed by atoms with Crippen LogP contribution in [0.4, 0.5) is 5.69 Å². The molecule has 0 atom stereocenters. The molecular weight excluding hydrogens is 394 g/mol. The molecule has 3 aromatic rings. The van der Waals surface area contributed by atoms with E-state index in [1.54, 1.807) is 24.4 Å². The van der Waals surface area contributed by atoms with E-state index in [2.05, 4.69) is 15.6 Å². The molecule has 0 unspecified atom stereocenters.